The van der Waals surface area contributed by atoms with Crippen molar-refractivity contribution in [3.05, 3.63) is 18.5 Å². The highest BCUT2D eigenvalue weighted by atomic mass is 16.5. The maximum absolute atomic E-state index is 12.3. The van der Waals surface area contributed by atoms with Crippen molar-refractivity contribution in [1.29, 1.82) is 0 Å². The van der Waals surface area contributed by atoms with E-state index in [1.54, 1.807) is 12.4 Å². The summed E-state index contributed by atoms with van der Waals surface area (Å²) >= 11 is 0. The Morgan fingerprint density at radius 3 is 3.11 bits per heavy atom. The number of nitrogen functional groups attached to an aromatic ring is 1. The van der Waals surface area contributed by atoms with E-state index in [4.69, 9.17) is 10.5 Å². The Balaban J connectivity index is 1.80. The molecule has 3 rings (SSSR count). The van der Waals surface area contributed by atoms with Crippen molar-refractivity contribution in [1.82, 2.24) is 10.3 Å². The number of hydrogen-bond donors (Lipinski definition) is 2. The number of aromatic nitrogens is 1. The number of nitrogens with one attached hydrogen (secondary N) is 1. The van der Waals surface area contributed by atoms with Crippen molar-refractivity contribution in [3.8, 4) is 0 Å². The lowest BCUT2D eigenvalue weighted by Crippen LogP contribution is -2.54. The van der Waals surface area contributed by atoms with E-state index in [0.717, 1.165) is 18.5 Å². The Labute approximate surface area is 111 Å². The van der Waals surface area contributed by atoms with Gasteiger partial charge in [-0.2, -0.15) is 0 Å². The highest BCUT2D eigenvalue weighted by molar-refractivity contribution is 5.87. The van der Waals surface area contributed by atoms with Gasteiger partial charge in [0.15, 0.2) is 0 Å². The van der Waals surface area contributed by atoms with Gasteiger partial charge in [0.05, 0.1) is 30.8 Å². The van der Waals surface area contributed by atoms with Crippen LogP contribution in [0, 0.1) is 0 Å². The molecule has 1 saturated carbocycles. The van der Waals surface area contributed by atoms with E-state index in [0.29, 0.717) is 31.5 Å². The zero-order chi connectivity index (χ0) is 13.2. The van der Waals surface area contributed by atoms with E-state index >= 15 is 0 Å². The minimum Gasteiger partial charge on any atom is -0.396 e. The molecule has 2 fully saturated rings. The molecule has 2 heterocycles. The van der Waals surface area contributed by atoms with E-state index in [9.17, 15) is 4.79 Å². The molecule has 1 atom stereocenters. The number of nitrogens with zero attached hydrogens (tertiary/aromatic N) is 2. The number of amides is 1. The predicted octanol–water partition coefficient (Wildman–Crippen LogP) is 0.148. The molecular weight excluding hydrogens is 244 g/mol. The third-order valence-electron chi connectivity index (χ3n) is 3.49. The summed E-state index contributed by atoms with van der Waals surface area (Å²) < 4.78 is 5.44. The molecule has 1 amide bonds. The molecule has 2 aliphatic rings. The third kappa shape index (κ3) is 2.63. The van der Waals surface area contributed by atoms with Crippen molar-refractivity contribution >= 4 is 17.3 Å². The summed E-state index contributed by atoms with van der Waals surface area (Å²) in [6, 6.07) is 1.89. The first-order valence-corrected chi connectivity index (χ1v) is 6.60. The van der Waals surface area contributed by atoms with Crippen LogP contribution in [0.25, 0.3) is 0 Å². The fourth-order valence-corrected chi connectivity index (χ4v) is 2.30. The number of hydrogen-bond acceptors (Lipinski definition) is 5. The Morgan fingerprint density at radius 1 is 1.53 bits per heavy atom. The molecule has 0 aromatic carbocycles. The van der Waals surface area contributed by atoms with Crippen LogP contribution in [0.3, 0.4) is 0 Å². The minimum atomic E-state index is -0.306. The maximum Gasteiger partial charge on any atom is 0.245 e. The van der Waals surface area contributed by atoms with E-state index in [1.165, 1.54) is 0 Å². The SMILES string of the molecule is Nc1cnccc1N1CCOCC1C(=O)NC1CC1. The predicted molar refractivity (Wildman–Crippen MR) is 71.8 cm³/mol. The second-order valence-corrected chi connectivity index (χ2v) is 5.00. The van der Waals surface area contributed by atoms with Crippen molar-refractivity contribution in [3.63, 3.8) is 0 Å². The number of nitrogens with two attached hydrogens (primary N) is 1. The van der Waals surface area contributed by atoms with Gasteiger partial charge >= 0.3 is 0 Å². The summed E-state index contributed by atoms with van der Waals surface area (Å²) in [6.45, 7) is 1.67. The minimum absolute atomic E-state index is 0.0263. The Bertz CT molecular complexity index is 475. The van der Waals surface area contributed by atoms with Gasteiger partial charge in [0, 0.05) is 18.8 Å². The van der Waals surface area contributed by atoms with E-state index in [-0.39, 0.29) is 11.9 Å². The second-order valence-electron chi connectivity index (χ2n) is 5.00. The molecule has 6 nitrogen and oxygen atoms in total. The largest absolute Gasteiger partial charge is 0.396 e. The van der Waals surface area contributed by atoms with Crippen molar-refractivity contribution in [2.75, 3.05) is 30.4 Å². The first-order valence-electron chi connectivity index (χ1n) is 6.60. The fraction of sp³-hybridized carbons (Fsp3) is 0.538. The summed E-state index contributed by atoms with van der Waals surface area (Å²) in [6.07, 6.45) is 5.46. The van der Waals surface area contributed by atoms with Gasteiger partial charge in [-0.25, -0.2) is 0 Å². The van der Waals surface area contributed by atoms with Crippen LogP contribution in [0.4, 0.5) is 11.4 Å². The zero-order valence-corrected chi connectivity index (χ0v) is 10.7. The van der Waals surface area contributed by atoms with Gasteiger partial charge in [0.25, 0.3) is 0 Å². The smallest absolute Gasteiger partial charge is 0.245 e. The quantitative estimate of drug-likeness (QED) is 0.810. The number of morpholine rings is 1. The molecule has 1 unspecified atom stereocenters. The van der Waals surface area contributed by atoms with Crippen LogP contribution in [-0.2, 0) is 9.53 Å². The lowest BCUT2D eigenvalue weighted by Gasteiger charge is -2.36. The van der Waals surface area contributed by atoms with Crippen LogP contribution < -0.4 is 16.0 Å². The average molecular weight is 262 g/mol. The van der Waals surface area contributed by atoms with Crippen LogP contribution in [0.5, 0.6) is 0 Å². The topological polar surface area (TPSA) is 80.5 Å². The van der Waals surface area contributed by atoms with Gasteiger partial charge in [0.2, 0.25) is 5.91 Å². The molecule has 3 N–H and O–H groups in total. The first-order chi connectivity index (χ1) is 9.25. The van der Waals surface area contributed by atoms with Gasteiger partial charge in [-0.3, -0.25) is 9.78 Å². The number of rotatable bonds is 3. The molecule has 1 aromatic heterocycles. The van der Waals surface area contributed by atoms with Crippen LogP contribution >= 0.6 is 0 Å². The number of pyridine rings is 1. The Kier molecular flexibility index (Phi) is 3.25. The lowest BCUT2D eigenvalue weighted by atomic mass is 10.1. The van der Waals surface area contributed by atoms with Crippen LogP contribution in [-0.4, -0.2) is 42.7 Å². The number of ether oxygens (including phenoxy) is 1. The normalized spacial score (nSPS) is 23.2. The molecule has 19 heavy (non-hydrogen) atoms. The average Bonchev–Trinajstić information content (AvgIpc) is 3.23. The van der Waals surface area contributed by atoms with Gasteiger partial charge in [-0.1, -0.05) is 0 Å². The molecule has 1 aromatic rings. The standard InChI is InChI=1S/C13H18N4O2/c14-10-7-15-4-3-11(10)17-5-6-19-8-12(17)13(18)16-9-1-2-9/h3-4,7,9,12H,1-2,5-6,8,14H2,(H,16,18). The number of carbonyl (C=O) groups excluding carboxylic acids is 1. The number of carbonyl (C=O) groups is 1. The molecular formula is C13H18N4O2. The van der Waals surface area contributed by atoms with Crippen LogP contribution in [0.15, 0.2) is 18.5 Å². The van der Waals surface area contributed by atoms with E-state index in [2.05, 4.69) is 10.3 Å². The molecule has 1 saturated heterocycles. The molecule has 1 aliphatic heterocycles. The zero-order valence-electron chi connectivity index (χ0n) is 10.7. The van der Waals surface area contributed by atoms with Crippen molar-refractivity contribution < 1.29 is 9.53 Å². The van der Waals surface area contributed by atoms with Gasteiger partial charge < -0.3 is 20.7 Å². The van der Waals surface area contributed by atoms with E-state index < -0.39 is 0 Å². The summed E-state index contributed by atoms with van der Waals surface area (Å²) in [4.78, 5) is 18.3. The molecule has 0 radical (unpaired) electrons. The molecule has 6 heteroatoms. The van der Waals surface area contributed by atoms with Crippen LogP contribution in [0.1, 0.15) is 12.8 Å². The second kappa shape index (κ2) is 5.05. The molecule has 0 bridgehead atoms. The molecule has 102 valence electrons. The molecule has 1 aliphatic carbocycles. The Hall–Kier alpha value is -1.82. The summed E-state index contributed by atoms with van der Waals surface area (Å²) in [5, 5.41) is 3.03. The van der Waals surface area contributed by atoms with Gasteiger partial charge in [-0.05, 0) is 18.9 Å². The van der Waals surface area contributed by atoms with Crippen molar-refractivity contribution in [2.45, 2.75) is 24.9 Å². The fourth-order valence-electron chi connectivity index (χ4n) is 2.30. The van der Waals surface area contributed by atoms with E-state index in [1.807, 2.05) is 11.0 Å². The lowest BCUT2D eigenvalue weighted by molar-refractivity contribution is -0.124. The first kappa shape index (κ1) is 12.2. The van der Waals surface area contributed by atoms with Crippen LogP contribution in [0.2, 0.25) is 0 Å². The van der Waals surface area contributed by atoms with Gasteiger partial charge in [-0.15, -0.1) is 0 Å². The third-order valence-corrected chi connectivity index (χ3v) is 3.49. The Morgan fingerprint density at radius 2 is 2.37 bits per heavy atom. The monoisotopic (exact) mass is 262 g/mol. The van der Waals surface area contributed by atoms with Gasteiger partial charge in [0.1, 0.15) is 6.04 Å². The van der Waals surface area contributed by atoms with Crippen molar-refractivity contribution in [2.24, 2.45) is 0 Å². The summed E-state index contributed by atoms with van der Waals surface area (Å²) in [7, 11) is 0. The highest BCUT2D eigenvalue weighted by Crippen LogP contribution is 2.26. The molecule has 0 spiro atoms. The summed E-state index contributed by atoms with van der Waals surface area (Å²) in [5.41, 5.74) is 7.40. The number of anilines is 2. The summed E-state index contributed by atoms with van der Waals surface area (Å²) in [5.74, 6) is 0.0263. The maximum atomic E-state index is 12.3. The highest BCUT2D eigenvalue weighted by Gasteiger charge is 2.33.